The molecule has 0 fully saturated rings. The van der Waals surface area contributed by atoms with Crippen LogP contribution in [0.3, 0.4) is 0 Å². The Morgan fingerprint density at radius 1 is 1.50 bits per heavy atom. The largest absolute Gasteiger partial charge is 0.481 e. The SMILES string of the molecule is CCCC(C(=O)O)C(O)c1cccc(Cl)c1. The normalized spacial score (nSPS) is 14.4. The van der Waals surface area contributed by atoms with E-state index in [1.54, 1.807) is 24.3 Å². The Kier molecular flexibility index (Phi) is 4.77. The maximum Gasteiger partial charge on any atom is 0.309 e. The molecule has 88 valence electrons. The van der Waals surface area contributed by atoms with Gasteiger partial charge >= 0.3 is 5.97 Å². The van der Waals surface area contributed by atoms with Gasteiger partial charge in [0.05, 0.1) is 12.0 Å². The highest BCUT2D eigenvalue weighted by Gasteiger charge is 2.26. The van der Waals surface area contributed by atoms with E-state index in [2.05, 4.69) is 0 Å². The maximum atomic E-state index is 11.0. The van der Waals surface area contributed by atoms with E-state index in [4.69, 9.17) is 16.7 Å². The molecule has 0 saturated carbocycles. The Balaban J connectivity index is 2.89. The number of hydrogen-bond donors (Lipinski definition) is 2. The van der Waals surface area contributed by atoms with E-state index in [0.29, 0.717) is 23.4 Å². The van der Waals surface area contributed by atoms with Crippen LogP contribution in [0, 0.1) is 5.92 Å². The van der Waals surface area contributed by atoms with Crippen LogP contribution in [-0.4, -0.2) is 16.2 Å². The lowest BCUT2D eigenvalue weighted by atomic mass is 9.92. The number of halogens is 1. The van der Waals surface area contributed by atoms with Gasteiger partial charge in [0.1, 0.15) is 0 Å². The first-order chi connectivity index (χ1) is 7.56. The van der Waals surface area contributed by atoms with Crippen molar-refractivity contribution in [3.05, 3.63) is 34.9 Å². The lowest BCUT2D eigenvalue weighted by Gasteiger charge is -2.18. The highest BCUT2D eigenvalue weighted by Crippen LogP contribution is 2.27. The summed E-state index contributed by atoms with van der Waals surface area (Å²) >= 11 is 5.79. The zero-order valence-electron chi connectivity index (χ0n) is 9.06. The molecule has 16 heavy (non-hydrogen) atoms. The first-order valence-electron chi connectivity index (χ1n) is 5.22. The average molecular weight is 243 g/mol. The van der Waals surface area contributed by atoms with Gasteiger partial charge in [0.15, 0.2) is 0 Å². The molecule has 2 N–H and O–H groups in total. The van der Waals surface area contributed by atoms with E-state index in [1.807, 2.05) is 6.92 Å². The minimum Gasteiger partial charge on any atom is -0.481 e. The zero-order valence-corrected chi connectivity index (χ0v) is 9.81. The second kappa shape index (κ2) is 5.87. The highest BCUT2D eigenvalue weighted by molar-refractivity contribution is 6.30. The Hall–Kier alpha value is -1.06. The summed E-state index contributed by atoms with van der Waals surface area (Å²) in [7, 11) is 0. The number of aliphatic hydroxyl groups is 1. The molecule has 2 atom stereocenters. The Morgan fingerprint density at radius 3 is 2.69 bits per heavy atom. The molecule has 0 saturated heterocycles. The predicted molar refractivity (Wildman–Crippen MR) is 62.4 cm³/mol. The van der Waals surface area contributed by atoms with Crippen molar-refractivity contribution in [1.29, 1.82) is 0 Å². The molecular formula is C12H15ClO3. The number of carboxylic acids is 1. The number of hydrogen-bond acceptors (Lipinski definition) is 2. The number of aliphatic hydroxyl groups excluding tert-OH is 1. The number of carboxylic acid groups (broad SMARTS) is 1. The molecule has 0 amide bonds. The molecule has 1 aromatic rings. The molecule has 1 rings (SSSR count). The lowest BCUT2D eigenvalue weighted by molar-refractivity contribution is -0.146. The van der Waals surface area contributed by atoms with Crippen LogP contribution in [0.25, 0.3) is 0 Å². The van der Waals surface area contributed by atoms with Gasteiger partial charge in [0.2, 0.25) is 0 Å². The number of benzene rings is 1. The molecule has 1 aromatic carbocycles. The molecule has 3 nitrogen and oxygen atoms in total. The summed E-state index contributed by atoms with van der Waals surface area (Å²) in [6.07, 6.45) is 0.161. The van der Waals surface area contributed by atoms with E-state index in [9.17, 15) is 9.90 Å². The smallest absolute Gasteiger partial charge is 0.309 e. The minimum absolute atomic E-state index is 0.447. The van der Waals surface area contributed by atoms with Gasteiger partial charge in [-0.05, 0) is 24.1 Å². The molecule has 2 unspecified atom stereocenters. The van der Waals surface area contributed by atoms with Gasteiger partial charge in [-0.15, -0.1) is 0 Å². The molecule has 0 aromatic heterocycles. The second-order valence-corrected chi connectivity index (χ2v) is 4.17. The van der Waals surface area contributed by atoms with Gasteiger partial charge in [-0.25, -0.2) is 0 Å². The van der Waals surface area contributed by atoms with Crippen LogP contribution >= 0.6 is 11.6 Å². The van der Waals surface area contributed by atoms with Crippen LogP contribution < -0.4 is 0 Å². The van der Waals surface area contributed by atoms with Crippen molar-refractivity contribution in [3.8, 4) is 0 Å². The molecule has 0 aliphatic heterocycles. The maximum absolute atomic E-state index is 11.0. The first kappa shape index (κ1) is 13.0. The highest BCUT2D eigenvalue weighted by atomic mass is 35.5. The predicted octanol–water partition coefficient (Wildman–Crippen LogP) is 2.87. The van der Waals surface area contributed by atoms with Gasteiger partial charge in [-0.1, -0.05) is 37.1 Å². The van der Waals surface area contributed by atoms with E-state index in [-0.39, 0.29) is 0 Å². The molecule has 0 aliphatic carbocycles. The topological polar surface area (TPSA) is 57.5 Å². The van der Waals surface area contributed by atoms with E-state index >= 15 is 0 Å². The van der Waals surface area contributed by atoms with Crippen LogP contribution in [0.4, 0.5) is 0 Å². The third-order valence-corrected chi connectivity index (χ3v) is 2.72. The van der Waals surface area contributed by atoms with Crippen molar-refractivity contribution >= 4 is 17.6 Å². The summed E-state index contributed by atoms with van der Waals surface area (Å²) in [4.78, 5) is 11.0. The van der Waals surface area contributed by atoms with E-state index in [1.165, 1.54) is 0 Å². The number of aliphatic carboxylic acids is 1. The van der Waals surface area contributed by atoms with Crippen LogP contribution in [0.2, 0.25) is 5.02 Å². The quantitative estimate of drug-likeness (QED) is 0.835. The van der Waals surface area contributed by atoms with Crippen molar-refractivity contribution in [2.75, 3.05) is 0 Å². The van der Waals surface area contributed by atoms with Gasteiger partial charge in [0, 0.05) is 5.02 Å². The molecule has 0 aliphatic rings. The third kappa shape index (κ3) is 3.22. The molecule has 0 radical (unpaired) electrons. The number of rotatable bonds is 5. The molecule has 0 heterocycles. The van der Waals surface area contributed by atoms with Crippen molar-refractivity contribution in [2.45, 2.75) is 25.9 Å². The van der Waals surface area contributed by atoms with Gasteiger partial charge in [-0.2, -0.15) is 0 Å². The molecule has 0 spiro atoms. The number of carbonyl (C=O) groups is 1. The van der Waals surface area contributed by atoms with Crippen LogP contribution in [0.15, 0.2) is 24.3 Å². The summed E-state index contributed by atoms with van der Waals surface area (Å²) in [5.74, 6) is -1.75. The summed E-state index contributed by atoms with van der Waals surface area (Å²) in [5, 5.41) is 19.5. The average Bonchev–Trinajstić information content (AvgIpc) is 2.24. The van der Waals surface area contributed by atoms with Crippen molar-refractivity contribution in [3.63, 3.8) is 0 Å². The second-order valence-electron chi connectivity index (χ2n) is 3.73. The molecule has 4 heteroatoms. The Bertz CT molecular complexity index is 365. The van der Waals surface area contributed by atoms with Crippen LogP contribution in [0.5, 0.6) is 0 Å². The van der Waals surface area contributed by atoms with Crippen LogP contribution in [0.1, 0.15) is 31.4 Å². The lowest BCUT2D eigenvalue weighted by Crippen LogP contribution is -2.21. The summed E-state index contributed by atoms with van der Waals surface area (Å²) in [5.41, 5.74) is 0.549. The summed E-state index contributed by atoms with van der Waals surface area (Å²) in [6.45, 7) is 1.89. The van der Waals surface area contributed by atoms with E-state index < -0.39 is 18.0 Å². The minimum atomic E-state index is -1.00. The monoisotopic (exact) mass is 242 g/mol. The van der Waals surface area contributed by atoms with Crippen LogP contribution in [-0.2, 0) is 4.79 Å². The first-order valence-corrected chi connectivity index (χ1v) is 5.60. The fourth-order valence-corrected chi connectivity index (χ4v) is 1.85. The third-order valence-electron chi connectivity index (χ3n) is 2.49. The van der Waals surface area contributed by atoms with E-state index in [0.717, 1.165) is 0 Å². The van der Waals surface area contributed by atoms with Gasteiger partial charge in [0.25, 0.3) is 0 Å². The fraction of sp³-hybridized carbons (Fsp3) is 0.417. The summed E-state index contributed by atoms with van der Waals surface area (Å²) in [6, 6.07) is 6.67. The fourth-order valence-electron chi connectivity index (χ4n) is 1.65. The molecular weight excluding hydrogens is 228 g/mol. The standard InChI is InChI=1S/C12H15ClO3/c1-2-4-10(12(15)16)11(14)8-5-3-6-9(13)7-8/h3,5-7,10-11,14H,2,4H2,1H3,(H,15,16). The van der Waals surface area contributed by atoms with Crippen molar-refractivity contribution < 1.29 is 15.0 Å². The van der Waals surface area contributed by atoms with Gasteiger partial charge in [-0.3, -0.25) is 4.79 Å². The Labute approximate surface area is 99.7 Å². The molecule has 0 bridgehead atoms. The van der Waals surface area contributed by atoms with Crippen molar-refractivity contribution in [2.24, 2.45) is 5.92 Å². The van der Waals surface area contributed by atoms with Crippen molar-refractivity contribution in [1.82, 2.24) is 0 Å². The summed E-state index contributed by atoms with van der Waals surface area (Å²) < 4.78 is 0. The zero-order chi connectivity index (χ0) is 12.1. The Morgan fingerprint density at radius 2 is 2.19 bits per heavy atom. The van der Waals surface area contributed by atoms with Gasteiger partial charge < -0.3 is 10.2 Å².